The molecule has 0 saturated carbocycles. The van der Waals surface area contributed by atoms with E-state index in [2.05, 4.69) is 4.98 Å². The molecule has 0 aliphatic rings. The normalized spacial score (nSPS) is 10.2. The van der Waals surface area contributed by atoms with Gasteiger partial charge >= 0.3 is 0 Å². The number of methoxy groups -OCH3 is 1. The van der Waals surface area contributed by atoms with Crippen molar-refractivity contribution in [3.63, 3.8) is 0 Å². The van der Waals surface area contributed by atoms with Crippen molar-refractivity contribution in [1.82, 2.24) is 9.88 Å². The lowest BCUT2D eigenvalue weighted by molar-refractivity contribution is 0.0660. The van der Waals surface area contributed by atoms with Gasteiger partial charge in [-0.15, -0.1) is 23.7 Å². The smallest absolute Gasteiger partial charge is 0.273 e. The molecule has 2 rings (SSSR count). The molecule has 1 aromatic heterocycles. The molecule has 0 aliphatic carbocycles. The second-order valence-electron chi connectivity index (χ2n) is 4.92. The average Bonchev–Trinajstić information content (AvgIpc) is 3.08. The third kappa shape index (κ3) is 6.58. The number of amides is 1. The molecule has 6 nitrogen and oxygen atoms in total. The Kier molecular flexibility index (Phi) is 9.36. The Morgan fingerprint density at radius 1 is 1.28 bits per heavy atom. The molecule has 9 heteroatoms. The molecule has 1 aromatic carbocycles. The Balaban J connectivity index is 0.00000312. The summed E-state index contributed by atoms with van der Waals surface area (Å²) < 4.78 is 23.5. The maximum Gasteiger partial charge on any atom is 0.273 e. The van der Waals surface area contributed by atoms with Crippen molar-refractivity contribution in [3.05, 3.63) is 46.2 Å². The second-order valence-corrected chi connectivity index (χ2v) is 5.86. The SMILES string of the molecule is COCCN(CCOc1ccc(F)cc1)C(=O)c1csc(CN)n1.Cl. The Morgan fingerprint density at radius 2 is 1.96 bits per heavy atom. The van der Waals surface area contributed by atoms with Gasteiger partial charge in [0.25, 0.3) is 5.91 Å². The van der Waals surface area contributed by atoms with E-state index in [0.29, 0.717) is 42.7 Å². The zero-order valence-electron chi connectivity index (χ0n) is 13.8. The molecule has 1 amide bonds. The fraction of sp³-hybridized carbons (Fsp3) is 0.375. The van der Waals surface area contributed by atoms with Crippen LogP contribution in [0.4, 0.5) is 4.39 Å². The number of carbonyl (C=O) groups excluding carboxylic acids is 1. The molecule has 0 saturated heterocycles. The molecule has 0 radical (unpaired) electrons. The van der Waals surface area contributed by atoms with E-state index in [1.807, 2.05) is 0 Å². The first-order chi connectivity index (χ1) is 11.6. The third-order valence-electron chi connectivity index (χ3n) is 3.24. The van der Waals surface area contributed by atoms with Crippen LogP contribution >= 0.6 is 23.7 Å². The first kappa shape index (κ1) is 21.3. The third-order valence-corrected chi connectivity index (χ3v) is 4.11. The van der Waals surface area contributed by atoms with E-state index < -0.39 is 0 Å². The molecule has 0 unspecified atom stereocenters. The molecule has 1 heterocycles. The fourth-order valence-corrected chi connectivity index (χ4v) is 2.63. The molecule has 0 fully saturated rings. The number of benzene rings is 1. The van der Waals surface area contributed by atoms with Gasteiger partial charge < -0.3 is 20.1 Å². The minimum absolute atomic E-state index is 0. The van der Waals surface area contributed by atoms with Crippen molar-refractivity contribution in [2.24, 2.45) is 5.73 Å². The fourth-order valence-electron chi connectivity index (χ4n) is 1.99. The predicted molar refractivity (Wildman–Crippen MR) is 96.9 cm³/mol. The molecule has 2 N–H and O–H groups in total. The predicted octanol–water partition coefficient (Wildman–Crippen LogP) is 2.33. The van der Waals surface area contributed by atoms with Crippen molar-refractivity contribution in [3.8, 4) is 5.75 Å². The van der Waals surface area contributed by atoms with E-state index in [9.17, 15) is 9.18 Å². The van der Waals surface area contributed by atoms with Crippen LogP contribution in [0.15, 0.2) is 29.6 Å². The van der Waals surface area contributed by atoms with Crippen molar-refractivity contribution in [1.29, 1.82) is 0 Å². The summed E-state index contributed by atoms with van der Waals surface area (Å²) in [7, 11) is 1.58. The van der Waals surface area contributed by atoms with Crippen LogP contribution in [0.5, 0.6) is 5.75 Å². The van der Waals surface area contributed by atoms with E-state index in [1.54, 1.807) is 29.5 Å². The quantitative estimate of drug-likeness (QED) is 0.712. The van der Waals surface area contributed by atoms with Crippen LogP contribution in [-0.4, -0.2) is 49.2 Å². The molecular formula is C16H21ClFN3O3S. The Hall–Kier alpha value is -1.74. The van der Waals surface area contributed by atoms with Gasteiger partial charge in [0, 0.05) is 25.6 Å². The van der Waals surface area contributed by atoms with Gasteiger partial charge in [-0.05, 0) is 24.3 Å². The topological polar surface area (TPSA) is 77.7 Å². The summed E-state index contributed by atoms with van der Waals surface area (Å²) in [6, 6.07) is 5.74. The van der Waals surface area contributed by atoms with Crippen LogP contribution in [0.1, 0.15) is 15.5 Å². The van der Waals surface area contributed by atoms with Crippen LogP contribution < -0.4 is 10.5 Å². The summed E-state index contributed by atoms with van der Waals surface area (Å²) in [5.74, 6) is 0.0406. The van der Waals surface area contributed by atoms with Crippen molar-refractivity contribution in [2.75, 3.05) is 33.4 Å². The number of aromatic nitrogens is 1. The summed E-state index contributed by atoms with van der Waals surface area (Å²) in [6.45, 7) is 1.81. The van der Waals surface area contributed by atoms with Gasteiger partial charge in [-0.25, -0.2) is 9.37 Å². The molecule has 0 bridgehead atoms. The zero-order chi connectivity index (χ0) is 17.4. The number of ether oxygens (including phenoxy) is 2. The van der Waals surface area contributed by atoms with E-state index in [1.165, 1.54) is 23.5 Å². The van der Waals surface area contributed by atoms with Gasteiger partial charge in [0.2, 0.25) is 0 Å². The maximum absolute atomic E-state index is 12.9. The Morgan fingerprint density at radius 3 is 2.56 bits per heavy atom. The zero-order valence-corrected chi connectivity index (χ0v) is 15.4. The Bertz CT molecular complexity index is 654. The lowest BCUT2D eigenvalue weighted by Crippen LogP contribution is -2.37. The summed E-state index contributed by atoms with van der Waals surface area (Å²) in [5.41, 5.74) is 5.90. The lowest BCUT2D eigenvalue weighted by atomic mass is 10.3. The number of carbonyl (C=O) groups is 1. The van der Waals surface area contributed by atoms with Crippen molar-refractivity contribution < 1.29 is 18.7 Å². The number of rotatable bonds is 9. The molecule has 0 spiro atoms. The van der Waals surface area contributed by atoms with E-state index >= 15 is 0 Å². The van der Waals surface area contributed by atoms with Gasteiger partial charge in [-0.1, -0.05) is 0 Å². The van der Waals surface area contributed by atoms with Crippen LogP contribution in [0.25, 0.3) is 0 Å². The maximum atomic E-state index is 12.9. The summed E-state index contributed by atoms with van der Waals surface area (Å²) in [4.78, 5) is 18.4. The van der Waals surface area contributed by atoms with Crippen LogP contribution in [0.2, 0.25) is 0 Å². The first-order valence-electron chi connectivity index (χ1n) is 7.45. The van der Waals surface area contributed by atoms with Gasteiger partial charge in [0.05, 0.1) is 13.2 Å². The van der Waals surface area contributed by atoms with Gasteiger partial charge in [-0.2, -0.15) is 0 Å². The summed E-state index contributed by atoms with van der Waals surface area (Å²) >= 11 is 1.36. The standard InChI is InChI=1S/C16H20FN3O3S.ClH/c1-22-8-6-20(16(21)14-11-24-15(10-18)19-14)7-9-23-13-4-2-12(17)3-5-13;/h2-5,11H,6-10,18H2,1H3;1H. The monoisotopic (exact) mass is 389 g/mol. The molecule has 0 atom stereocenters. The highest BCUT2D eigenvalue weighted by Crippen LogP contribution is 2.13. The highest BCUT2D eigenvalue weighted by atomic mass is 35.5. The van der Waals surface area contributed by atoms with E-state index in [0.717, 1.165) is 0 Å². The Labute approximate surface area is 156 Å². The molecule has 138 valence electrons. The number of halogens is 2. The largest absolute Gasteiger partial charge is 0.492 e. The minimum Gasteiger partial charge on any atom is -0.492 e. The van der Waals surface area contributed by atoms with Crippen molar-refractivity contribution in [2.45, 2.75) is 6.54 Å². The number of hydrogen-bond acceptors (Lipinski definition) is 6. The van der Waals surface area contributed by atoms with Gasteiger partial charge in [0.1, 0.15) is 28.9 Å². The lowest BCUT2D eigenvalue weighted by Gasteiger charge is -2.21. The van der Waals surface area contributed by atoms with Gasteiger partial charge in [0.15, 0.2) is 0 Å². The molecule has 2 aromatic rings. The van der Waals surface area contributed by atoms with Crippen LogP contribution in [0.3, 0.4) is 0 Å². The minimum atomic E-state index is -0.321. The molecule has 25 heavy (non-hydrogen) atoms. The highest BCUT2D eigenvalue weighted by molar-refractivity contribution is 7.09. The number of hydrogen-bond donors (Lipinski definition) is 1. The molecule has 0 aliphatic heterocycles. The first-order valence-corrected chi connectivity index (χ1v) is 8.33. The highest BCUT2D eigenvalue weighted by Gasteiger charge is 2.18. The van der Waals surface area contributed by atoms with E-state index in [-0.39, 0.29) is 30.7 Å². The number of nitrogens with zero attached hydrogens (tertiary/aromatic N) is 2. The van der Waals surface area contributed by atoms with Crippen LogP contribution in [0, 0.1) is 5.82 Å². The number of thiazole rings is 1. The number of nitrogens with two attached hydrogens (primary N) is 1. The van der Waals surface area contributed by atoms with Gasteiger partial charge in [-0.3, -0.25) is 4.79 Å². The summed E-state index contributed by atoms with van der Waals surface area (Å²) in [6.07, 6.45) is 0. The average molecular weight is 390 g/mol. The van der Waals surface area contributed by atoms with Crippen molar-refractivity contribution >= 4 is 29.7 Å². The van der Waals surface area contributed by atoms with E-state index in [4.69, 9.17) is 15.2 Å². The second kappa shape index (κ2) is 11.0. The summed E-state index contributed by atoms with van der Waals surface area (Å²) in [5, 5.41) is 2.41. The van der Waals surface area contributed by atoms with Crippen LogP contribution in [-0.2, 0) is 11.3 Å². The molecular weight excluding hydrogens is 369 g/mol.